The van der Waals surface area contributed by atoms with Gasteiger partial charge >= 0.3 is 5.97 Å². The molecule has 6 heteroatoms. The lowest BCUT2D eigenvalue weighted by Gasteiger charge is -1.96. The number of aromatic nitrogens is 3. The van der Waals surface area contributed by atoms with Gasteiger partial charge in [0.1, 0.15) is 11.6 Å². The number of aryl methyl sites for hydroxylation is 2. The van der Waals surface area contributed by atoms with Crippen LogP contribution in [0.3, 0.4) is 0 Å². The fourth-order valence-electron chi connectivity index (χ4n) is 1.77. The average Bonchev–Trinajstić information content (AvgIpc) is 2.70. The molecule has 2 rings (SSSR count). The minimum absolute atomic E-state index is 0.0303. The standard InChI is InChI=1S/C13H14FN3O2/c1-17-12(6-7-13(18)19)15-11(16-17)8-9-2-4-10(14)5-3-9/h2-5H,6-8H2,1H3,(H,18,19). The van der Waals surface area contributed by atoms with Crippen LogP contribution >= 0.6 is 0 Å². The van der Waals surface area contributed by atoms with E-state index in [-0.39, 0.29) is 12.2 Å². The zero-order chi connectivity index (χ0) is 13.8. The molecule has 0 unspecified atom stereocenters. The molecule has 0 aliphatic carbocycles. The van der Waals surface area contributed by atoms with Crippen molar-refractivity contribution in [2.45, 2.75) is 19.3 Å². The summed E-state index contributed by atoms with van der Waals surface area (Å²) in [5.41, 5.74) is 0.914. The third-order valence-electron chi connectivity index (χ3n) is 2.74. The quantitative estimate of drug-likeness (QED) is 0.889. The molecule has 5 nitrogen and oxygen atoms in total. The van der Waals surface area contributed by atoms with Crippen LogP contribution in [-0.2, 0) is 24.7 Å². The molecule has 1 aromatic carbocycles. The Bertz CT molecular complexity index is 578. The van der Waals surface area contributed by atoms with Crippen LogP contribution in [0, 0.1) is 5.82 Å². The van der Waals surface area contributed by atoms with Crippen molar-refractivity contribution < 1.29 is 14.3 Å². The molecule has 1 heterocycles. The molecule has 0 saturated carbocycles. The maximum absolute atomic E-state index is 12.8. The molecular formula is C13H14FN3O2. The van der Waals surface area contributed by atoms with Gasteiger partial charge in [0, 0.05) is 19.9 Å². The van der Waals surface area contributed by atoms with E-state index in [9.17, 15) is 9.18 Å². The van der Waals surface area contributed by atoms with Gasteiger partial charge in [-0.15, -0.1) is 0 Å². The van der Waals surface area contributed by atoms with Crippen LogP contribution in [0.4, 0.5) is 4.39 Å². The van der Waals surface area contributed by atoms with Crippen molar-refractivity contribution in [2.24, 2.45) is 7.05 Å². The first kappa shape index (κ1) is 13.2. The number of carbonyl (C=O) groups is 1. The van der Waals surface area contributed by atoms with Crippen LogP contribution in [0.5, 0.6) is 0 Å². The Morgan fingerprint density at radius 3 is 2.68 bits per heavy atom. The number of hydrogen-bond donors (Lipinski definition) is 1. The van der Waals surface area contributed by atoms with E-state index >= 15 is 0 Å². The number of nitrogens with zero attached hydrogens (tertiary/aromatic N) is 3. The first-order valence-corrected chi connectivity index (χ1v) is 5.89. The number of benzene rings is 1. The summed E-state index contributed by atoms with van der Waals surface area (Å²) in [4.78, 5) is 14.8. The van der Waals surface area contributed by atoms with E-state index in [2.05, 4.69) is 10.1 Å². The second-order valence-electron chi connectivity index (χ2n) is 4.26. The summed E-state index contributed by atoms with van der Waals surface area (Å²) in [6, 6.07) is 6.15. The Kier molecular flexibility index (Phi) is 3.89. The van der Waals surface area contributed by atoms with E-state index in [1.54, 1.807) is 23.9 Å². The summed E-state index contributed by atoms with van der Waals surface area (Å²) < 4.78 is 14.4. The molecule has 1 N–H and O–H groups in total. The molecule has 0 aliphatic heterocycles. The summed E-state index contributed by atoms with van der Waals surface area (Å²) in [5.74, 6) is 0.108. The third-order valence-corrected chi connectivity index (χ3v) is 2.74. The van der Waals surface area contributed by atoms with Crippen molar-refractivity contribution in [1.29, 1.82) is 0 Å². The van der Waals surface area contributed by atoms with E-state index in [0.717, 1.165) is 5.56 Å². The highest BCUT2D eigenvalue weighted by Crippen LogP contribution is 2.09. The SMILES string of the molecule is Cn1nc(Cc2ccc(F)cc2)nc1CCC(=O)O. The Morgan fingerprint density at radius 2 is 2.05 bits per heavy atom. The van der Waals surface area contributed by atoms with Crippen molar-refractivity contribution in [3.8, 4) is 0 Å². The second kappa shape index (κ2) is 5.60. The predicted octanol–water partition coefficient (Wildman–Crippen LogP) is 1.56. The number of aliphatic carboxylic acids is 1. The molecule has 0 radical (unpaired) electrons. The molecule has 100 valence electrons. The summed E-state index contributed by atoms with van der Waals surface area (Å²) in [6.45, 7) is 0. The Hall–Kier alpha value is -2.24. The average molecular weight is 263 g/mol. The summed E-state index contributed by atoms with van der Waals surface area (Å²) in [7, 11) is 1.73. The zero-order valence-electron chi connectivity index (χ0n) is 10.5. The largest absolute Gasteiger partial charge is 0.481 e. The molecule has 0 atom stereocenters. The first-order chi connectivity index (χ1) is 9.04. The van der Waals surface area contributed by atoms with Crippen LogP contribution in [0.1, 0.15) is 23.6 Å². The van der Waals surface area contributed by atoms with E-state index in [1.807, 2.05) is 0 Å². The fraction of sp³-hybridized carbons (Fsp3) is 0.308. The molecule has 0 aliphatic rings. The van der Waals surface area contributed by atoms with Gasteiger partial charge in [-0.25, -0.2) is 9.37 Å². The number of hydrogen-bond acceptors (Lipinski definition) is 3. The van der Waals surface area contributed by atoms with Gasteiger partial charge in [-0.2, -0.15) is 5.10 Å². The molecule has 0 saturated heterocycles. The highest BCUT2D eigenvalue weighted by molar-refractivity contribution is 5.66. The van der Waals surface area contributed by atoms with Crippen LogP contribution in [-0.4, -0.2) is 25.8 Å². The maximum Gasteiger partial charge on any atom is 0.303 e. The molecule has 2 aromatic rings. The number of rotatable bonds is 5. The van der Waals surface area contributed by atoms with Crippen molar-refractivity contribution in [3.63, 3.8) is 0 Å². The summed E-state index contributed by atoms with van der Waals surface area (Å²) in [5, 5.41) is 12.9. The van der Waals surface area contributed by atoms with Crippen molar-refractivity contribution in [3.05, 3.63) is 47.3 Å². The minimum atomic E-state index is -0.858. The van der Waals surface area contributed by atoms with Crippen molar-refractivity contribution in [2.75, 3.05) is 0 Å². The van der Waals surface area contributed by atoms with Gasteiger partial charge in [0.05, 0.1) is 6.42 Å². The zero-order valence-corrected chi connectivity index (χ0v) is 10.5. The van der Waals surface area contributed by atoms with E-state index in [1.165, 1.54) is 12.1 Å². The second-order valence-corrected chi connectivity index (χ2v) is 4.26. The number of carboxylic acid groups (broad SMARTS) is 1. The molecular weight excluding hydrogens is 249 g/mol. The molecule has 0 spiro atoms. The van der Waals surface area contributed by atoms with Gasteiger partial charge in [-0.1, -0.05) is 12.1 Å². The van der Waals surface area contributed by atoms with Crippen LogP contribution in [0.15, 0.2) is 24.3 Å². The van der Waals surface area contributed by atoms with Gasteiger partial charge in [-0.3, -0.25) is 9.48 Å². The fourth-order valence-corrected chi connectivity index (χ4v) is 1.77. The van der Waals surface area contributed by atoms with Crippen molar-refractivity contribution in [1.82, 2.24) is 14.8 Å². The minimum Gasteiger partial charge on any atom is -0.481 e. The van der Waals surface area contributed by atoms with Gasteiger partial charge in [0.25, 0.3) is 0 Å². The Morgan fingerprint density at radius 1 is 1.37 bits per heavy atom. The maximum atomic E-state index is 12.8. The van der Waals surface area contributed by atoms with Gasteiger partial charge < -0.3 is 5.11 Å². The van der Waals surface area contributed by atoms with Gasteiger partial charge in [0.15, 0.2) is 5.82 Å². The van der Waals surface area contributed by atoms with Crippen LogP contribution < -0.4 is 0 Å². The smallest absolute Gasteiger partial charge is 0.303 e. The predicted molar refractivity (Wildman–Crippen MR) is 66.2 cm³/mol. The molecule has 1 aromatic heterocycles. The molecule has 19 heavy (non-hydrogen) atoms. The van der Waals surface area contributed by atoms with E-state index in [4.69, 9.17) is 5.11 Å². The Labute approximate surface area is 109 Å². The lowest BCUT2D eigenvalue weighted by atomic mass is 10.1. The molecule has 0 fully saturated rings. The highest BCUT2D eigenvalue weighted by Gasteiger charge is 2.09. The van der Waals surface area contributed by atoms with E-state index < -0.39 is 5.97 Å². The lowest BCUT2D eigenvalue weighted by molar-refractivity contribution is -0.137. The van der Waals surface area contributed by atoms with Gasteiger partial charge in [-0.05, 0) is 17.7 Å². The van der Waals surface area contributed by atoms with Crippen LogP contribution in [0.2, 0.25) is 0 Å². The monoisotopic (exact) mass is 263 g/mol. The van der Waals surface area contributed by atoms with E-state index in [0.29, 0.717) is 24.5 Å². The third kappa shape index (κ3) is 3.61. The number of halogens is 1. The molecule has 0 amide bonds. The lowest BCUT2D eigenvalue weighted by Crippen LogP contribution is -2.03. The van der Waals surface area contributed by atoms with Crippen LogP contribution in [0.25, 0.3) is 0 Å². The summed E-state index contributed by atoms with van der Waals surface area (Å²) in [6.07, 6.45) is 0.881. The highest BCUT2D eigenvalue weighted by atomic mass is 19.1. The topological polar surface area (TPSA) is 68.0 Å². The van der Waals surface area contributed by atoms with Crippen molar-refractivity contribution >= 4 is 5.97 Å². The number of carboxylic acids is 1. The van der Waals surface area contributed by atoms with Gasteiger partial charge in [0.2, 0.25) is 0 Å². The normalized spacial score (nSPS) is 10.6. The summed E-state index contributed by atoms with van der Waals surface area (Å²) >= 11 is 0. The Balaban J connectivity index is 2.07. The molecule has 0 bridgehead atoms. The first-order valence-electron chi connectivity index (χ1n) is 5.89.